The number of hydrogen-bond donors (Lipinski definition) is 0. The van der Waals surface area contributed by atoms with Gasteiger partial charge in [0.1, 0.15) is 16.1 Å². The van der Waals surface area contributed by atoms with Gasteiger partial charge >= 0.3 is 0 Å². The molecule has 250 valence electrons. The van der Waals surface area contributed by atoms with Crippen molar-refractivity contribution in [1.29, 1.82) is 0 Å². The molecule has 0 unspecified atom stereocenters. The third kappa shape index (κ3) is 7.05. The van der Waals surface area contributed by atoms with Crippen LogP contribution in [0.4, 0.5) is 0 Å². The number of hydrogen-bond acceptors (Lipinski definition) is 1. The lowest BCUT2D eigenvalue weighted by Crippen LogP contribution is -2.43. The number of Topliss-reactive ketones (excluding diaryl/α,β-unsaturated/α-hetero) is 1. The van der Waals surface area contributed by atoms with Crippen LogP contribution in [0.2, 0.25) is 33.2 Å². The van der Waals surface area contributed by atoms with Crippen molar-refractivity contribution in [2.75, 3.05) is 0 Å². The van der Waals surface area contributed by atoms with Crippen LogP contribution in [0.15, 0.2) is 84.9 Å². The van der Waals surface area contributed by atoms with Crippen LogP contribution in [-0.2, 0) is 4.79 Å². The Balaban J connectivity index is 2.04. The molecule has 0 fully saturated rings. The first-order chi connectivity index (χ1) is 22.7. The van der Waals surface area contributed by atoms with Gasteiger partial charge in [0.15, 0.2) is 5.78 Å². The Morgan fingerprint density at radius 3 is 1.33 bits per heavy atom. The molecule has 3 heteroatoms. The van der Waals surface area contributed by atoms with Crippen LogP contribution >= 0.6 is 0 Å². The Bertz CT molecular complexity index is 1750. The number of allylic oxidation sites excluding steroid dienone is 4. The highest BCUT2D eigenvalue weighted by Gasteiger charge is 2.43. The minimum Gasteiger partial charge on any atom is -0.289 e. The summed E-state index contributed by atoms with van der Waals surface area (Å²) in [5.41, 5.74) is 18.5. The lowest BCUT2D eigenvalue weighted by atomic mass is 9.93. The van der Waals surface area contributed by atoms with Crippen LogP contribution in [0.3, 0.4) is 0 Å². The summed E-state index contributed by atoms with van der Waals surface area (Å²) in [6.45, 7) is 28.4. The molecule has 1 aliphatic rings. The predicted octanol–water partition coefficient (Wildman–Crippen LogP) is 12.4. The number of benzene rings is 3. The Morgan fingerprint density at radius 1 is 0.479 bits per heavy atom. The topological polar surface area (TPSA) is 17.1 Å². The maximum atomic E-state index is 14.2. The zero-order chi connectivity index (χ0) is 35.4. The van der Waals surface area contributed by atoms with Crippen molar-refractivity contribution in [1.82, 2.24) is 0 Å². The second kappa shape index (κ2) is 15.3. The maximum absolute atomic E-state index is 14.2. The lowest BCUT2D eigenvalue weighted by molar-refractivity contribution is -0.108. The molecule has 3 aromatic rings. The van der Waals surface area contributed by atoms with Crippen LogP contribution < -0.4 is 0 Å². The quantitative estimate of drug-likeness (QED) is 0.164. The first-order valence-electron chi connectivity index (χ1n) is 18.0. The van der Waals surface area contributed by atoms with Gasteiger partial charge in [-0.2, -0.15) is 0 Å². The predicted molar refractivity (Wildman–Crippen MR) is 215 cm³/mol. The van der Waals surface area contributed by atoms with Crippen LogP contribution in [-0.4, -0.2) is 21.9 Å². The monoisotopic (exact) mass is 668 g/mol. The minimum atomic E-state index is -2.01. The van der Waals surface area contributed by atoms with Crippen molar-refractivity contribution in [2.45, 2.75) is 116 Å². The summed E-state index contributed by atoms with van der Waals surface area (Å²) in [5, 5.41) is 0. The van der Waals surface area contributed by atoms with Gasteiger partial charge in [-0.05, 0) is 73.7 Å². The van der Waals surface area contributed by atoms with Crippen LogP contribution in [0.25, 0.3) is 16.7 Å². The third-order valence-corrected chi connectivity index (χ3v) is 23.6. The Kier molecular flexibility index (Phi) is 11.8. The van der Waals surface area contributed by atoms with Gasteiger partial charge in [0.25, 0.3) is 0 Å². The molecule has 0 N–H and O–H groups in total. The Morgan fingerprint density at radius 2 is 0.896 bits per heavy atom. The Hall–Kier alpha value is -3.64. The molecule has 0 radical (unpaired) electrons. The molecule has 0 atom stereocenters. The average molecular weight is 669 g/mol. The van der Waals surface area contributed by atoms with Gasteiger partial charge in [-0.1, -0.05) is 162 Å². The summed E-state index contributed by atoms with van der Waals surface area (Å²) < 4.78 is 0. The van der Waals surface area contributed by atoms with E-state index in [0.29, 0.717) is 33.2 Å². The molecule has 0 aliphatic heterocycles. The second-order valence-electron chi connectivity index (χ2n) is 15.5. The van der Waals surface area contributed by atoms with E-state index in [9.17, 15) is 4.79 Å². The molecule has 0 amide bonds. The highest BCUT2D eigenvalue weighted by molar-refractivity contribution is 6.91. The molecular weight excluding hydrogens is 613 g/mol. The summed E-state index contributed by atoms with van der Waals surface area (Å²) in [6, 6.07) is 26.7. The number of rotatable bonds is 9. The van der Waals surface area contributed by atoms with E-state index >= 15 is 0 Å². The van der Waals surface area contributed by atoms with Gasteiger partial charge in [0.05, 0.1) is 0 Å². The van der Waals surface area contributed by atoms with E-state index in [2.05, 4.69) is 130 Å². The summed E-state index contributed by atoms with van der Waals surface area (Å²) in [5.74, 6) is 7.61. The third-order valence-electron chi connectivity index (χ3n) is 11.1. The smallest absolute Gasteiger partial charge is 0.194 e. The first kappa shape index (κ1) is 37.2. The first-order valence-corrected chi connectivity index (χ1v) is 22.5. The molecule has 0 heterocycles. The molecular formula is C45H56OSi2. The fraction of sp³-hybridized carbons (Fsp3) is 0.400. The number of carbonyl (C=O) groups excluding carboxylic acids is 1. The standard InChI is InChI=1S/C45H56OSi2/c1-31(2)47(32(3)4,33(5)6)27-25-37-23-24-41(29-40(37)26-28-48(34(7)8,35(9)10)36(11)12)42-30-43(38-19-15-13-16-20-38)45(46)44(42)39-21-17-14-18-22-39/h13-24,29-36H,1-12H3. The van der Waals surface area contributed by atoms with E-state index in [1.807, 2.05) is 60.7 Å². The molecule has 4 rings (SSSR count). The zero-order valence-electron chi connectivity index (χ0n) is 31.5. The van der Waals surface area contributed by atoms with Crippen LogP contribution in [0.5, 0.6) is 0 Å². The molecule has 0 saturated carbocycles. The van der Waals surface area contributed by atoms with Gasteiger partial charge in [-0.25, -0.2) is 0 Å². The summed E-state index contributed by atoms with van der Waals surface area (Å²) in [6.07, 6.45) is 2.08. The van der Waals surface area contributed by atoms with Crippen molar-refractivity contribution in [3.05, 3.63) is 113 Å². The summed E-state index contributed by atoms with van der Waals surface area (Å²) in [7, 11) is -3.97. The highest BCUT2D eigenvalue weighted by atomic mass is 28.3. The fourth-order valence-corrected chi connectivity index (χ4v) is 19.1. The van der Waals surface area contributed by atoms with Gasteiger partial charge in [-0.3, -0.25) is 4.79 Å². The molecule has 3 aromatic carbocycles. The molecule has 0 aromatic heterocycles. The Labute approximate surface area is 294 Å². The number of carbonyl (C=O) groups is 1. The molecule has 0 saturated heterocycles. The van der Waals surface area contributed by atoms with E-state index in [1.54, 1.807) is 0 Å². The molecule has 0 spiro atoms. The maximum Gasteiger partial charge on any atom is 0.194 e. The molecule has 1 aliphatic carbocycles. The van der Waals surface area contributed by atoms with E-state index in [1.165, 1.54) is 0 Å². The van der Waals surface area contributed by atoms with Crippen molar-refractivity contribution < 1.29 is 4.79 Å². The van der Waals surface area contributed by atoms with Gasteiger partial charge in [0.2, 0.25) is 0 Å². The second-order valence-corrected chi connectivity index (χ2v) is 26.6. The highest BCUT2D eigenvalue weighted by Crippen LogP contribution is 2.43. The van der Waals surface area contributed by atoms with Crippen molar-refractivity contribution in [3.63, 3.8) is 0 Å². The van der Waals surface area contributed by atoms with Gasteiger partial charge < -0.3 is 0 Å². The number of ketones is 1. The minimum absolute atomic E-state index is 0.0614. The largest absolute Gasteiger partial charge is 0.289 e. The van der Waals surface area contributed by atoms with E-state index < -0.39 is 16.1 Å². The van der Waals surface area contributed by atoms with Crippen molar-refractivity contribution in [2.24, 2.45) is 0 Å². The van der Waals surface area contributed by atoms with Crippen molar-refractivity contribution in [3.8, 4) is 22.9 Å². The normalized spacial score (nSPS) is 13.9. The molecule has 1 nitrogen and oxygen atoms in total. The average Bonchev–Trinajstić information content (AvgIpc) is 3.38. The van der Waals surface area contributed by atoms with Gasteiger partial charge in [-0.15, -0.1) is 11.1 Å². The van der Waals surface area contributed by atoms with Crippen LogP contribution in [0.1, 0.15) is 111 Å². The summed E-state index contributed by atoms with van der Waals surface area (Å²) >= 11 is 0. The summed E-state index contributed by atoms with van der Waals surface area (Å²) in [4.78, 5) is 14.2. The fourth-order valence-electron chi connectivity index (χ4n) is 8.63. The van der Waals surface area contributed by atoms with Gasteiger partial charge in [0, 0.05) is 22.3 Å². The lowest BCUT2D eigenvalue weighted by Gasteiger charge is -2.38. The van der Waals surface area contributed by atoms with Crippen molar-refractivity contribution >= 4 is 38.7 Å². The SMILES string of the molecule is CC(C)[Si](C#Cc1ccc(C2=C(c3ccccc3)C(=O)C(c3ccccc3)=C2)cc1C#C[Si](C(C)C)(C(C)C)C(C)C)(C(C)C)C(C)C. The van der Waals surface area contributed by atoms with E-state index in [-0.39, 0.29) is 5.78 Å². The van der Waals surface area contributed by atoms with E-state index in [4.69, 9.17) is 0 Å². The zero-order valence-corrected chi connectivity index (χ0v) is 33.5. The van der Waals surface area contributed by atoms with Crippen LogP contribution in [0, 0.1) is 22.9 Å². The molecule has 48 heavy (non-hydrogen) atoms. The van der Waals surface area contributed by atoms with E-state index in [0.717, 1.165) is 44.5 Å². The molecule has 0 bridgehead atoms.